The fourth-order valence-corrected chi connectivity index (χ4v) is 2.89. The van der Waals surface area contributed by atoms with Crippen LogP contribution in [0.3, 0.4) is 0 Å². The average molecular weight is 290 g/mol. The molecule has 3 nitrogen and oxygen atoms in total. The molecule has 1 saturated heterocycles. The van der Waals surface area contributed by atoms with E-state index >= 15 is 0 Å². The lowest BCUT2D eigenvalue weighted by Crippen LogP contribution is -2.37. The van der Waals surface area contributed by atoms with E-state index in [0.717, 1.165) is 23.5 Å². The standard InChI is InChI=1S/C14H21F3N2O/c1-9-6-13(11(3)20-9)10(2)18-12-4-5-19(7-12)8-14(15,16)17/h6,10,12,18H,4-5,7-8H2,1-3H3/t10-,12-/m1/s1. The maximum Gasteiger partial charge on any atom is 0.401 e. The predicted molar refractivity (Wildman–Crippen MR) is 70.6 cm³/mol. The molecule has 0 unspecified atom stereocenters. The molecule has 2 atom stereocenters. The zero-order valence-corrected chi connectivity index (χ0v) is 12.0. The summed E-state index contributed by atoms with van der Waals surface area (Å²) >= 11 is 0. The summed E-state index contributed by atoms with van der Waals surface area (Å²) in [7, 11) is 0. The minimum Gasteiger partial charge on any atom is -0.466 e. The molecule has 1 aromatic rings. The number of nitrogens with one attached hydrogen (secondary N) is 1. The van der Waals surface area contributed by atoms with Gasteiger partial charge in [-0.3, -0.25) is 4.90 Å². The first kappa shape index (κ1) is 15.4. The Labute approximate surface area is 117 Å². The number of rotatable bonds is 4. The molecule has 1 aliphatic rings. The fraction of sp³-hybridized carbons (Fsp3) is 0.714. The number of hydrogen-bond donors (Lipinski definition) is 1. The summed E-state index contributed by atoms with van der Waals surface area (Å²) < 4.78 is 42.5. The fourth-order valence-electron chi connectivity index (χ4n) is 2.89. The maximum absolute atomic E-state index is 12.3. The van der Waals surface area contributed by atoms with E-state index in [1.54, 1.807) is 0 Å². The first-order chi connectivity index (χ1) is 9.24. The minimum atomic E-state index is -4.11. The van der Waals surface area contributed by atoms with E-state index in [1.807, 2.05) is 26.8 Å². The summed E-state index contributed by atoms with van der Waals surface area (Å²) in [4.78, 5) is 1.46. The first-order valence-corrected chi connectivity index (χ1v) is 6.86. The van der Waals surface area contributed by atoms with Crippen LogP contribution in [0.15, 0.2) is 10.5 Å². The van der Waals surface area contributed by atoms with Crippen LogP contribution in [0, 0.1) is 13.8 Å². The van der Waals surface area contributed by atoms with Crippen molar-refractivity contribution in [3.05, 3.63) is 23.2 Å². The van der Waals surface area contributed by atoms with Crippen molar-refractivity contribution < 1.29 is 17.6 Å². The smallest absolute Gasteiger partial charge is 0.401 e. The minimum absolute atomic E-state index is 0.0864. The summed E-state index contributed by atoms with van der Waals surface area (Å²) in [6.07, 6.45) is -3.37. The van der Waals surface area contributed by atoms with Crippen LogP contribution in [-0.4, -0.2) is 36.8 Å². The number of nitrogens with zero attached hydrogens (tertiary/aromatic N) is 1. The van der Waals surface area contributed by atoms with Crippen molar-refractivity contribution in [2.24, 2.45) is 0 Å². The molecule has 0 bridgehead atoms. The average Bonchev–Trinajstić information content (AvgIpc) is 2.83. The van der Waals surface area contributed by atoms with Crippen molar-refractivity contribution >= 4 is 0 Å². The molecule has 114 valence electrons. The second-order valence-electron chi connectivity index (χ2n) is 5.59. The third-order valence-corrected chi connectivity index (χ3v) is 3.71. The molecular weight excluding hydrogens is 269 g/mol. The normalized spacial score (nSPS) is 22.4. The lowest BCUT2D eigenvalue weighted by Gasteiger charge is -2.21. The van der Waals surface area contributed by atoms with E-state index in [-0.39, 0.29) is 12.1 Å². The van der Waals surface area contributed by atoms with Gasteiger partial charge in [-0.1, -0.05) is 0 Å². The van der Waals surface area contributed by atoms with Gasteiger partial charge < -0.3 is 9.73 Å². The predicted octanol–water partition coefficient (Wildman–Crippen LogP) is 3.18. The van der Waals surface area contributed by atoms with Crippen molar-refractivity contribution in [1.82, 2.24) is 10.2 Å². The number of halogens is 3. The maximum atomic E-state index is 12.3. The van der Waals surface area contributed by atoms with E-state index < -0.39 is 12.7 Å². The van der Waals surface area contributed by atoms with E-state index in [1.165, 1.54) is 4.90 Å². The largest absolute Gasteiger partial charge is 0.466 e. The zero-order chi connectivity index (χ0) is 14.9. The molecule has 1 N–H and O–H groups in total. The highest BCUT2D eigenvalue weighted by Crippen LogP contribution is 2.24. The highest BCUT2D eigenvalue weighted by molar-refractivity contribution is 5.23. The lowest BCUT2D eigenvalue weighted by atomic mass is 10.1. The Hall–Kier alpha value is -1.01. The van der Waals surface area contributed by atoms with Crippen molar-refractivity contribution in [2.75, 3.05) is 19.6 Å². The number of furan rings is 1. The molecule has 0 aliphatic carbocycles. The quantitative estimate of drug-likeness (QED) is 0.923. The van der Waals surface area contributed by atoms with Gasteiger partial charge in [-0.05, 0) is 33.3 Å². The van der Waals surface area contributed by atoms with Crippen LogP contribution >= 0.6 is 0 Å². The van der Waals surface area contributed by atoms with Gasteiger partial charge in [-0.15, -0.1) is 0 Å². The van der Waals surface area contributed by atoms with Gasteiger partial charge in [0.2, 0.25) is 0 Å². The summed E-state index contributed by atoms with van der Waals surface area (Å²) in [5.74, 6) is 1.73. The SMILES string of the molecule is Cc1cc([C@@H](C)N[C@@H]2CCN(CC(F)(F)F)C2)c(C)o1. The third-order valence-electron chi connectivity index (χ3n) is 3.71. The number of likely N-dealkylation sites (tertiary alicyclic amines) is 1. The Morgan fingerprint density at radius 1 is 1.45 bits per heavy atom. The van der Waals surface area contributed by atoms with Gasteiger partial charge in [-0.25, -0.2) is 0 Å². The van der Waals surface area contributed by atoms with E-state index in [0.29, 0.717) is 13.1 Å². The summed E-state index contributed by atoms with van der Waals surface area (Å²) in [5, 5.41) is 3.40. The highest BCUT2D eigenvalue weighted by atomic mass is 19.4. The molecule has 0 radical (unpaired) electrons. The Morgan fingerprint density at radius 3 is 2.70 bits per heavy atom. The molecule has 1 aliphatic heterocycles. The van der Waals surface area contributed by atoms with Crippen LogP contribution in [0.1, 0.15) is 36.5 Å². The molecule has 2 heterocycles. The number of alkyl halides is 3. The molecule has 0 spiro atoms. The zero-order valence-electron chi connectivity index (χ0n) is 12.0. The van der Waals surface area contributed by atoms with Gasteiger partial charge in [0.25, 0.3) is 0 Å². The molecule has 1 fully saturated rings. The van der Waals surface area contributed by atoms with E-state index in [2.05, 4.69) is 5.32 Å². The summed E-state index contributed by atoms with van der Waals surface area (Å²) in [6.45, 7) is 5.94. The monoisotopic (exact) mass is 290 g/mol. The van der Waals surface area contributed by atoms with Gasteiger partial charge >= 0.3 is 6.18 Å². The van der Waals surface area contributed by atoms with Gasteiger partial charge in [-0.2, -0.15) is 13.2 Å². The topological polar surface area (TPSA) is 28.4 Å². The molecule has 20 heavy (non-hydrogen) atoms. The highest BCUT2D eigenvalue weighted by Gasteiger charge is 2.34. The van der Waals surface area contributed by atoms with Crippen molar-refractivity contribution in [3.63, 3.8) is 0 Å². The molecule has 6 heteroatoms. The third kappa shape index (κ3) is 3.99. The molecule has 0 aromatic carbocycles. The van der Waals surface area contributed by atoms with Gasteiger partial charge in [0.15, 0.2) is 0 Å². The number of aryl methyl sites for hydroxylation is 2. The van der Waals surface area contributed by atoms with E-state index in [4.69, 9.17) is 4.42 Å². The Bertz CT molecular complexity index is 456. The Morgan fingerprint density at radius 2 is 2.15 bits per heavy atom. The van der Waals surface area contributed by atoms with Crippen LogP contribution in [0.4, 0.5) is 13.2 Å². The van der Waals surface area contributed by atoms with Crippen LogP contribution in [0.25, 0.3) is 0 Å². The van der Waals surface area contributed by atoms with E-state index in [9.17, 15) is 13.2 Å². The summed E-state index contributed by atoms with van der Waals surface area (Å²) in [5.41, 5.74) is 1.08. The molecule has 0 amide bonds. The van der Waals surface area contributed by atoms with Gasteiger partial charge in [0.05, 0.1) is 6.54 Å². The molecular formula is C14H21F3N2O. The van der Waals surface area contributed by atoms with Crippen LogP contribution in [0.2, 0.25) is 0 Å². The second kappa shape index (κ2) is 5.77. The molecule has 1 aromatic heterocycles. The van der Waals surface area contributed by atoms with Crippen LogP contribution < -0.4 is 5.32 Å². The van der Waals surface area contributed by atoms with Crippen molar-refractivity contribution in [2.45, 2.75) is 45.5 Å². The van der Waals surface area contributed by atoms with Crippen molar-refractivity contribution in [1.29, 1.82) is 0 Å². The number of hydrogen-bond acceptors (Lipinski definition) is 3. The Balaban J connectivity index is 1.87. The molecule has 2 rings (SSSR count). The van der Waals surface area contributed by atoms with Gasteiger partial charge in [0, 0.05) is 30.7 Å². The molecule has 0 saturated carbocycles. The first-order valence-electron chi connectivity index (χ1n) is 6.86. The summed E-state index contributed by atoms with van der Waals surface area (Å²) in [6, 6.07) is 2.17. The lowest BCUT2D eigenvalue weighted by molar-refractivity contribution is -0.143. The van der Waals surface area contributed by atoms with Crippen LogP contribution in [-0.2, 0) is 0 Å². The van der Waals surface area contributed by atoms with Crippen molar-refractivity contribution in [3.8, 4) is 0 Å². The second-order valence-corrected chi connectivity index (χ2v) is 5.59. The Kier molecular flexibility index (Phi) is 4.44. The van der Waals surface area contributed by atoms with Crippen LogP contribution in [0.5, 0.6) is 0 Å². The van der Waals surface area contributed by atoms with Gasteiger partial charge in [0.1, 0.15) is 11.5 Å².